The molecule has 0 bridgehead atoms. The van der Waals surface area contributed by atoms with Crippen molar-refractivity contribution in [2.75, 3.05) is 6.54 Å². The minimum atomic E-state index is 0.569. The molecule has 98 valence electrons. The van der Waals surface area contributed by atoms with Crippen molar-refractivity contribution in [1.82, 2.24) is 5.32 Å². The van der Waals surface area contributed by atoms with Crippen LogP contribution in [0, 0.1) is 5.92 Å². The number of thiophene rings is 1. The summed E-state index contributed by atoms with van der Waals surface area (Å²) < 4.78 is 0. The lowest BCUT2D eigenvalue weighted by Crippen LogP contribution is -2.24. The Labute approximate surface area is 111 Å². The van der Waals surface area contributed by atoms with E-state index in [1.54, 1.807) is 4.88 Å². The highest BCUT2D eigenvalue weighted by Crippen LogP contribution is 2.30. The summed E-state index contributed by atoms with van der Waals surface area (Å²) in [7, 11) is 0. The second-order valence-corrected chi connectivity index (χ2v) is 5.87. The summed E-state index contributed by atoms with van der Waals surface area (Å²) in [5.41, 5.74) is 1.53. The van der Waals surface area contributed by atoms with Crippen molar-refractivity contribution in [1.29, 1.82) is 0 Å². The first kappa shape index (κ1) is 14.7. The Morgan fingerprint density at radius 2 is 2.06 bits per heavy atom. The van der Waals surface area contributed by atoms with E-state index in [1.807, 2.05) is 11.3 Å². The first-order chi connectivity index (χ1) is 8.22. The molecule has 0 saturated heterocycles. The molecule has 0 spiro atoms. The molecule has 1 N–H and O–H groups in total. The fraction of sp³-hybridized carbons (Fsp3) is 0.733. The van der Waals surface area contributed by atoms with Gasteiger partial charge in [0.25, 0.3) is 0 Å². The Morgan fingerprint density at radius 3 is 2.65 bits per heavy atom. The van der Waals surface area contributed by atoms with Gasteiger partial charge in [0.1, 0.15) is 0 Å². The molecule has 1 heterocycles. The number of aryl methyl sites for hydroxylation is 1. The van der Waals surface area contributed by atoms with Crippen LogP contribution in [0.25, 0.3) is 0 Å². The van der Waals surface area contributed by atoms with Crippen molar-refractivity contribution in [3.8, 4) is 0 Å². The van der Waals surface area contributed by atoms with Gasteiger partial charge in [0, 0.05) is 10.9 Å². The Kier molecular flexibility index (Phi) is 6.83. The molecule has 2 unspecified atom stereocenters. The fourth-order valence-electron chi connectivity index (χ4n) is 2.12. The molecule has 1 rings (SSSR count). The Morgan fingerprint density at radius 1 is 1.29 bits per heavy atom. The highest BCUT2D eigenvalue weighted by molar-refractivity contribution is 7.10. The summed E-state index contributed by atoms with van der Waals surface area (Å²) in [6, 6.07) is 2.86. The topological polar surface area (TPSA) is 12.0 Å². The van der Waals surface area contributed by atoms with Crippen LogP contribution in [0.1, 0.15) is 63.4 Å². The van der Waals surface area contributed by atoms with Gasteiger partial charge in [-0.2, -0.15) is 0 Å². The largest absolute Gasteiger partial charge is 0.309 e. The molecule has 1 aromatic heterocycles. The van der Waals surface area contributed by atoms with Gasteiger partial charge in [-0.25, -0.2) is 0 Å². The van der Waals surface area contributed by atoms with Crippen molar-refractivity contribution >= 4 is 11.3 Å². The van der Waals surface area contributed by atoms with E-state index in [4.69, 9.17) is 0 Å². The van der Waals surface area contributed by atoms with E-state index in [0.717, 1.165) is 18.9 Å². The Bertz CT molecular complexity index is 306. The van der Waals surface area contributed by atoms with Gasteiger partial charge >= 0.3 is 0 Å². The van der Waals surface area contributed by atoms with Crippen LogP contribution < -0.4 is 5.32 Å². The van der Waals surface area contributed by atoms with Crippen molar-refractivity contribution in [3.05, 3.63) is 21.9 Å². The van der Waals surface area contributed by atoms with E-state index in [0.29, 0.717) is 6.04 Å². The molecule has 0 saturated carbocycles. The zero-order valence-corrected chi connectivity index (χ0v) is 12.6. The van der Waals surface area contributed by atoms with Crippen molar-refractivity contribution in [3.63, 3.8) is 0 Å². The molecule has 0 aliphatic carbocycles. The molecule has 0 aromatic carbocycles. The summed E-state index contributed by atoms with van der Waals surface area (Å²) in [6.07, 6.45) is 4.91. The predicted octanol–water partition coefficient (Wildman–Crippen LogP) is 4.79. The smallest absolute Gasteiger partial charge is 0.0420 e. The molecule has 2 atom stereocenters. The molecule has 2 heteroatoms. The quantitative estimate of drug-likeness (QED) is 0.702. The maximum absolute atomic E-state index is 3.72. The first-order valence-electron chi connectivity index (χ1n) is 7.02. The molecular weight excluding hydrogens is 226 g/mol. The van der Waals surface area contributed by atoms with E-state index in [-0.39, 0.29) is 0 Å². The summed E-state index contributed by atoms with van der Waals surface area (Å²) in [4.78, 5) is 1.57. The van der Waals surface area contributed by atoms with Gasteiger partial charge in [-0.1, -0.05) is 34.1 Å². The third kappa shape index (κ3) is 4.44. The van der Waals surface area contributed by atoms with Gasteiger partial charge in [-0.3, -0.25) is 0 Å². The molecule has 0 amide bonds. The molecule has 0 aliphatic heterocycles. The van der Waals surface area contributed by atoms with Crippen LogP contribution in [-0.4, -0.2) is 6.54 Å². The van der Waals surface area contributed by atoms with Gasteiger partial charge < -0.3 is 5.32 Å². The van der Waals surface area contributed by atoms with E-state index in [2.05, 4.69) is 44.5 Å². The number of nitrogens with one attached hydrogen (secondary N) is 1. The minimum absolute atomic E-state index is 0.569. The molecule has 1 nitrogen and oxygen atoms in total. The molecule has 0 aliphatic rings. The summed E-state index contributed by atoms with van der Waals surface area (Å²) in [5.74, 6) is 0.802. The fourth-order valence-corrected chi connectivity index (χ4v) is 3.20. The third-order valence-electron chi connectivity index (χ3n) is 3.45. The lowest BCUT2D eigenvalue weighted by atomic mass is 9.96. The zero-order chi connectivity index (χ0) is 12.7. The van der Waals surface area contributed by atoms with Gasteiger partial charge in [-0.05, 0) is 48.7 Å². The Balaban J connectivity index is 2.74. The highest BCUT2D eigenvalue weighted by atomic mass is 32.1. The lowest BCUT2D eigenvalue weighted by molar-refractivity contribution is 0.405. The van der Waals surface area contributed by atoms with E-state index in [1.165, 1.54) is 24.8 Å². The maximum Gasteiger partial charge on any atom is 0.0420 e. The SMILES string of the molecule is CCCNC(CC(C)CC)c1sccc1CC. The second-order valence-electron chi connectivity index (χ2n) is 4.92. The van der Waals surface area contributed by atoms with Crippen LogP contribution in [0.2, 0.25) is 0 Å². The Hall–Kier alpha value is -0.340. The molecule has 0 fully saturated rings. The summed E-state index contributed by atoms with van der Waals surface area (Å²) in [6.45, 7) is 10.3. The zero-order valence-electron chi connectivity index (χ0n) is 11.8. The van der Waals surface area contributed by atoms with E-state index < -0.39 is 0 Å². The molecular formula is C15H27NS. The molecule has 1 aromatic rings. The molecule has 0 radical (unpaired) electrons. The normalized spacial score (nSPS) is 14.8. The van der Waals surface area contributed by atoms with Gasteiger partial charge in [0.05, 0.1) is 0 Å². The van der Waals surface area contributed by atoms with Crippen LogP contribution in [0.3, 0.4) is 0 Å². The van der Waals surface area contributed by atoms with Crippen molar-refractivity contribution in [2.24, 2.45) is 5.92 Å². The number of hydrogen-bond donors (Lipinski definition) is 1. The van der Waals surface area contributed by atoms with Gasteiger partial charge in [0.15, 0.2) is 0 Å². The lowest BCUT2D eigenvalue weighted by Gasteiger charge is -2.22. The van der Waals surface area contributed by atoms with E-state index in [9.17, 15) is 0 Å². The van der Waals surface area contributed by atoms with Crippen LogP contribution >= 0.6 is 11.3 Å². The summed E-state index contributed by atoms with van der Waals surface area (Å²) >= 11 is 1.92. The van der Waals surface area contributed by atoms with Crippen LogP contribution in [0.4, 0.5) is 0 Å². The third-order valence-corrected chi connectivity index (χ3v) is 4.53. The van der Waals surface area contributed by atoms with Gasteiger partial charge in [-0.15, -0.1) is 11.3 Å². The van der Waals surface area contributed by atoms with Crippen LogP contribution in [-0.2, 0) is 6.42 Å². The van der Waals surface area contributed by atoms with Crippen molar-refractivity contribution < 1.29 is 0 Å². The summed E-state index contributed by atoms with van der Waals surface area (Å²) in [5, 5.41) is 5.96. The first-order valence-corrected chi connectivity index (χ1v) is 7.90. The number of rotatable bonds is 8. The minimum Gasteiger partial charge on any atom is -0.309 e. The monoisotopic (exact) mass is 253 g/mol. The van der Waals surface area contributed by atoms with E-state index >= 15 is 0 Å². The van der Waals surface area contributed by atoms with Crippen LogP contribution in [0.15, 0.2) is 11.4 Å². The predicted molar refractivity (Wildman–Crippen MR) is 78.8 cm³/mol. The average molecular weight is 253 g/mol. The van der Waals surface area contributed by atoms with Crippen molar-refractivity contribution in [2.45, 2.75) is 59.4 Å². The molecule has 17 heavy (non-hydrogen) atoms. The average Bonchev–Trinajstić information content (AvgIpc) is 2.82. The van der Waals surface area contributed by atoms with Gasteiger partial charge in [0.2, 0.25) is 0 Å². The standard InChI is InChI=1S/C15H27NS/c1-5-9-16-14(11-12(4)6-2)15-13(7-3)8-10-17-15/h8,10,12,14,16H,5-7,9,11H2,1-4H3. The second kappa shape index (κ2) is 7.88. The highest BCUT2D eigenvalue weighted by Gasteiger charge is 2.17. The van der Waals surface area contributed by atoms with Crippen LogP contribution in [0.5, 0.6) is 0 Å². The maximum atomic E-state index is 3.72. The number of hydrogen-bond acceptors (Lipinski definition) is 2.